The number of likely N-dealkylation sites (tertiary alicyclic amines) is 1. The number of hydrogen-bond acceptors (Lipinski definition) is 2. The molecule has 70 valence electrons. The summed E-state index contributed by atoms with van der Waals surface area (Å²) in [5.74, 6) is 0. The lowest BCUT2D eigenvalue weighted by atomic mass is 10.1. The van der Waals surface area contributed by atoms with Crippen LogP contribution in [0.1, 0.15) is 33.1 Å². The highest BCUT2D eigenvalue weighted by Gasteiger charge is 2.14. The Bertz CT molecular complexity index is 117. The van der Waals surface area contributed by atoms with Crippen LogP contribution < -0.4 is 0 Å². The molecule has 2 radical (unpaired) electrons. The molecule has 0 amide bonds. The first-order chi connectivity index (χ1) is 5.70. The zero-order chi connectivity index (χ0) is 8.97. The molecule has 0 aromatic rings. The van der Waals surface area contributed by atoms with Crippen LogP contribution in [-0.4, -0.2) is 36.0 Å². The summed E-state index contributed by atoms with van der Waals surface area (Å²) < 4.78 is 0. The van der Waals surface area contributed by atoms with Gasteiger partial charge in [0, 0.05) is 19.1 Å². The highest BCUT2D eigenvalue weighted by molar-refractivity contribution is 4.73. The molecule has 0 aromatic heterocycles. The van der Waals surface area contributed by atoms with E-state index in [-0.39, 0.29) is 0 Å². The highest BCUT2D eigenvalue weighted by atomic mass is 15.3. The van der Waals surface area contributed by atoms with Crippen molar-refractivity contribution in [1.29, 1.82) is 0 Å². The Hall–Kier alpha value is -0.0800. The predicted molar refractivity (Wildman–Crippen MR) is 51.6 cm³/mol. The maximum Gasteiger partial charge on any atom is 0.146 e. The Kier molecular flexibility index (Phi) is 4.02. The highest BCUT2D eigenvalue weighted by Crippen LogP contribution is 2.11. The maximum absolute atomic E-state index is 3.38. The Morgan fingerprint density at radius 2 is 1.75 bits per heavy atom. The molecule has 0 bridgehead atoms. The Morgan fingerprint density at radius 3 is 2.25 bits per heavy atom. The van der Waals surface area contributed by atoms with Crippen molar-refractivity contribution in [2.45, 2.75) is 39.2 Å². The number of piperidine rings is 1. The van der Waals surface area contributed by atoms with Crippen LogP contribution in [-0.2, 0) is 0 Å². The molecule has 0 aliphatic carbocycles. The van der Waals surface area contributed by atoms with E-state index in [9.17, 15) is 0 Å². The minimum atomic E-state index is 0.562. The summed E-state index contributed by atoms with van der Waals surface area (Å²) in [6, 6.07) is 0.562. The van der Waals surface area contributed by atoms with Crippen LogP contribution in [0.5, 0.6) is 0 Å². The average Bonchev–Trinajstić information content (AvgIpc) is 2.06. The summed E-state index contributed by atoms with van der Waals surface area (Å²) in [7, 11) is 2.10. The third-order valence-electron chi connectivity index (χ3n) is 2.43. The minimum absolute atomic E-state index is 0.562. The quantitative estimate of drug-likeness (QED) is 0.593. The molecule has 0 atom stereocenters. The molecule has 0 unspecified atom stereocenters. The monoisotopic (exact) mass is 168 g/mol. The van der Waals surface area contributed by atoms with Gasteiger partial charge in [0.15, 0.2) is 0 Å². The SMILES string of the molecule is CC(C)N(C)[C]N1CCCCC1. The van der Waals surface area contributed by atoms with E-state index in [1.165, 1.54) is 32.4 Å². The van der Waals surface area contributed by atoms with Gasteiger partial charge >= 0.3 is 0 Å². The van der Waals surface area contributed by atoms with Crippen molar-refractivity contribution in [2.24, 2.45) is 0 Å². The van der Waals surface area contributed by atoms with Crippen molar-refractivity contribution in [1.82, 2.24) is 9.80 Å². The summed E-state index contributed by atoms with van der Waals surface area (Å²) in [6.45, 7) is 10.2. The fourth-order valence-electron chi connectivity index (χ4n) is 1.33. The van der Waals surface area contributed by atoms with E-state index < -0.39 is 0 Å². The smallest absolute Gasteiger partial charge is 0.146 e. The van der Waals surface area contributed by atoms with Crippen molar-refractivity contribution < 1.29 is 0 Å². The van der Waals surface area contributed by atoms with E-state index in [0.717, 1.165) is 0 Å². The maximum atomic E-state index is 3.38. The van der Waals surface area contributed by atoms with E-state index in [0.29, 0.717) is 6.04 Å². The van der Waals surface area contributed by atoms with E-state index in [2.05, 4.69) is 37.4 Å². The Balaban J connectivity index is 2.20. The summed E-state index contributed by atoms with van der Waals surface area (Å²) in [5, 5.41) is 0. The molecule has 12 heavy (non-hydrogen) atoms. The van der Waals surface area contributed by atoms with E-state index in [1.54, 1.807) is 0 Å². The lowest BCUT2D eigenvalue weighted by Crippen LogP contribution is -2.37. The minimum Gasteiger partial charge on any atom is -0.280 e. The molecule has 2 nitrogen and oxygen atoms in total. The molecule has 1 aliphatic heterocycles. The lowest BCUT2D eigenvalue weighted by Gasteiger charge is -2.30. The molecule has 1 heterocycles. The van der Waals surface area contributed by atoms with Gasteiger partial charge in [0.25, 0.3) is 0 Å². The Labute approximate surface area is 76.5 Å². The standard InChI is InChI=1S/C10H20N2/c1-10(2)11(3)9-12-7-5-4-6-8-12/h10H,4-8H2,1-3H3. The zero-order valence-corrected chi connectivity index (χ0v) is 8.51. The van der Waals surface area contributed by atoms with Crippen LogP contribution in [0.15, 0.2) is 0 Å². The fourth-order valence-corrected chi connectivity index (χ4v) is 1.33. The lowest BCUT2D eigenvalue weighted by molar-refractivity contribution is 0.173. The summed E-state index contributed by atoms with van der Waals surface area (Å²) in [4.78, 5) is 4.47. The van der Waals surface area contributed by atoms with Gasteiger partial charge < -0.3 is 0 Å². The molecule has 1 aliphatic rings. The number of hydrogen-bond donors (Lipinski definition) is 0. The van der Waals surface area contributed by atoms with Crippen LogP contribution in [0.4, 0.5) is 0 Å². The van der Waals surface area contributed by atoms with Crippen LogP contribution in [0, 0.1) is 6.67 Å². The molecule has 1 fully saturated rings. The van der Waals surface area contributed by atoms with Crippen LogP contribution >= 0.6 is 0 Å². The molecule has 1 saturated heterocycles. The first kappa shape index (κ1) is 10.0. The van der Waals surface area contributed by atoms with Gasteiger partial charge in [-0.25, -0.2) is 0 Å². The third kappa shape index (κ3) is 3.11. The second-order valence-corrected chi connectivity index (χ2v) is 3.85. The Morgan fingerprint density at radius 1 is 1.17 bits per heavy atom. The van der Waals surface area contributed by atoms with Gasteiger partial charge in [-0.2, -0.15) is 0 Å². The van der Waals surface area contributed by atoms with Crippen LogP contribution in [0.25, 0.3) is 0 Å². The van der Waals surface area contributed by atoms with Crippen LogP contribution in [0.3, 0.4) is 0 Å². The number of nitrogens with zero attached hydrogens (tertiary/aromatic N) is 2. The van der Waals surface area contributed by atoms with Gasteiger partial charge in [0.2, 0.25) is 0 Å². The van der Waals surface area contributed by atoms with Crippen LogP contribution in [0.2, 0.25) is 0 Å². The van der Waals surface area contributed by atoms with Gasteiger partial charge in [0.1, 0.15) is 6.67 Å². The second kappa shape index (κ2) is 4.83. The van der Waals surface area contributed by atoms with Crippen molar-refractivity contribution in [3.63, 3.8) is 0 Å². The van der Waals surface area contributed by atoms with Gasteiger partial charge in [0.05, 0.1) is 0 Å². The molecule has 0 N–H and O–H groups in total. The normalized spacial score (nSPS) is 20.8. The van der Waals surface area contributed by atoms with Gasteiger partial charge in [-0.3, -0.25) is 9.80 Å². The summed E-state index contributed by atoms with van der Waals surface area (Å²) in [6.07, 6.45) is 4.06. The third-order valence-corrected chi connectivity index (χ3v) is 2.43. The number of rotatable bonds is 3. The second-order valence-electron chi connectivity index (χ2n) is 3.85. The van der Waals surface area contributed by atoms with Gasteiger partial charge in [-0.15, -0.1) is 0 Å². The van der Waals surface area contributed by atoms with Gasteiger partial charge in [-0.05, 0) is 33.7 Å². The van der Waals surface area contributed by atoms with E-state index in [1.807, 2.05) is 0 Å². The molecular formula is C10H20N2. The topological polar surface area (TPSA) is 6.48 Å². The van der Waals surface area contributed by atoms with E-state index in [4.69, 9.17) is 0 Å². The zero-order valence-electron chi connectivity index (χ0n) is 8.51. The van der Waals surface area contributed by atoms with Crippen molar-refractivity contribution in [3.05, 3.63) is 6.67 Å². The first-order valence-electron chi connectivity index (χ1n) is 4.94. The van der Waals surface area contributed by atoms with Crippen molar-refractivity contribution in [2.75, 3.05) is 20.1 Å². The largest absolute Gasteiger partial charge is 0.280 e. The molecule has 0 aromatic carbocycles. The van der Waals surface area contributed by atoms with Gasteiger partial charge in [-0.1, -0.05) is 6.42 Å². The molecule has 1 rings (SSSR count). The van der Waals surface area contributed by atoms with Crippen molar-refractivity contribution >= 4 is 0 Å². The fraction of sp³-hybridized carbons (Fsp3) is 0.900. The van der Waals surface area contributed by atoms with E-state index >= 15 is 0 Å². The molecule has 0 spiro atoms. The molecule has 2 heteroatoms. The van der Waals surface area contributed by atoms with Crippen molar-refractivity contribution in [3.8, 4) is 0 Å². The molecule has 0 saturated carbocycles. The predicted octanol–water partition coefficient (Wildman–Crippen LogP) is 1.81. The first-order valence-corrected chi connectivity index (χ1v) is 4.94. The molecular weight excluding hydrogens is 148 g/mol. The average molecular weight is 168 g/mol. The summed E-state index contributed by atoms with van der Waals surface area (Å²) >= 11 is 0. The summed E-state index contributed by atoms with van der Waals surface area (Å²) in [5.41, 5.74) is 0.